The number of hydrogen-bond acceptors (Lipinski definition) is 3. The molecule has 2 rings (SSSR count). The maximum Gasteiger partial charge on any atom is 0.0537 e. The highest BCUT2D eigenvalue weighted by Gasteiger charge is 2.19. The maximum atomic E-state index is 4.52. The van der Waals surface area contributed by atoms with E-state index in [1.807, 2.05) is 0 Å². The lowest BCUT2D eigenvalue weighted by atomic mass is 10.1. The van der Waals surface area contributed by atoms with Gasteiger partial charge >= 0.3 is 0 Å². The first-order valence-electron chi connectivity index (χ1n) is 8.02. The molecular weight excluding hydrogens is 248 g/mol. The summed E-state index contributed by atoms with van der Waals surface area (Å²) < 4.78 is 2.15. The average Bonchev–Trinajstić information content (AvgIpc) is 2.65. The first kappa shape index (κ1) is 15.5. The molecule has 1 unspecified atom stereocenters. The van der Waals surface area contributed by atoms with Crippen LogP contribution < -0.4 is 0 Å². The molecule has 0 bridgehead atoms. The average molecular weight is 278 g/mol. The van der Waals surface area contributed by atoms with E-state index in [4.69, 9.17) is 0 Å². The van der Waals surface area contributed by atoms with Crippen molar-refractivity contribution in [3.8, 4) is 0 Å². The molecule has 1 aromatic rings. The summed E-state index contributed by atoms with van der Waals surface area (Å²) in [5.74, 6) is 0. The number of rotatable bonds is 5. The summed E-state index contributed by atoms with van der Waals surface area (Å²) in [6.45, 7) is 8.95. The van der Waals surface area contributed by atoms with Gasteiger partial charge < -0.3 is 4.90 Å². The summed E-state index contributed by atoms with van der Waals surface area (Å²) in [7, 11) is 4.42. The summed E-state index contributed by atoms with van der Waals surface area (Å²) in [5.41, 5.74) is 2.75. The molecule has 0 aromatic carbocycles. The largest absolute Gasteiger partial charge is 0.306 e. The van der Waals surface area contributed by atoms with Crippen molar-refractivity contribution in [1.82, 2.24) is 19.6 Å². The van der Waals surface area contributed by atoms with Crippen LogP contribution in [0.1, 0.15) is 43.9 Å². The predicted molar refractivity (Wildman–Crippen MR) is 83.9 cm³/mol. The molecule has 1 fully saturated rings. The highest BCUT2D eigenvalue weighted by Crippen LogP contribution is 2.18. The lowest BCUT2D eigenvalue weighted by Crippen LogP contribution is -2.30. The van der Waals surface area contributed by atoms with Gasteiger partial charge in [0.25, 0.3) is 0 Å². The van der Waals surface area contributed by atoms with E-state index in [1.54, 1.807) is 0 Å². The summed E-state index contributed by atoms with van der Waals surface area (Å²) in [6.07, 6.45) is 7.15. The molecule has 1 aromatic heterocycles. The standard InChI is InChI=1S/C16H30N4/c1-5-9-20-14(2)15(12-17-20)13-19-10-6-7-16(8-11-19)18(3)4/h12,16H,5-11,13H2,1-4H3. The Labute approximate surface area is 123 Å². The Morgan fingerprint density at radius 1 is 1.30 bits per heavy atom. The third-order valence-electron chi connectivity index (χ3n) is 4.55. The van der Waals surface area contributed by atoms with Crippen molar-refractivity contribution >= 4 is 0 Å². The second-order valence-electron chi connectivity index (χ2n) is 6.30. The summed E-state index contributed by atoms with van der Waals surface area (Å²) >= 11 is 0. The minimum atomic E-state index is 0.754. The predicted octanol–water partition coefficient (Wildman–Crippen LogP) is 2.52. The number of nitrogens with zero attached hydrogens (tertiary/aromatic N) is 4. The van der Waals surface area contributed by atoms with Crippen molar-refractivity contribution in [1.29, 1.82) is 0 Å². The molecule has 114 valence electrons. The topological polar surface area (TPSA) is 24.3 Å². The van der Waals surface area contributed by atoms with E-state index < -0.39 is 0 Å². The second-order valence-corrected chi connectivity index (χ2v) is 6.30. The Morgan fingerprint density at radius 3 is 2.80 bits per heavy atom. The maximum absolute atomic E-state index is 4.52. The normalized spacial score (nSPS) is 21.4. The molecule has 20 heavy (non-hydrogen) atoms. The molecule has 1 aliphatic heterocycles. The van der Waals surface area contributed by atoms with Gasteiger partial charge in [0.2, 0.25) is 0 Å². The fourth-order valence-corrected chi connectivity index (χ4v) is 3.13. The van der Waals surface area contributed by atoms with Crippen LogP contribution in [0.2, 0.25) is 0 Å². The van der Waals surface area contributed by atoms with Crippen LogP contribution in [-0.2, 0) is 13.1 Å². The number of likely N-dealkylation sites (tertiary alicyclic amines) is 1. The quantitative estimate of drug-likeness (QED) is 0.827. The van der Waals surface area contributed by atoms with E-state index in [0.717, 1.165) is 25.6 Å². The van der Waals surface area contributed by atoms with Gasteiger partial charge in [-0.1, -0.05) is 6.92 Å². The molecule has 2 heterocycles. The molecule has 0 aliphatic carbocycles. The molecule has 0 spiro atoms. The van der Waals surface area contributed by atoms with Crippen LogP contribution in [0, 0.1) is 6.92 Å². The van der Waals surface area contributed by atoms with Crippen LogP contribution in [0.5, 0.6) is 0 Å². The van der Waals surface area contributed by atoms with Gasteiger partial charge in [-0.25, -0.2) is 0 Å². The molecule has 1 saturated heterocycles. The van der Waals surface area contributed by atoms with Crippen molar-refractivity contribution < 1.29 is 0 Å². The van der Waals surface area contributed by atoms with Crippen molar-refractivity contribution in [2.24, 2.45) is 0 Å². The Kier molecular flexibility index (Phi) is 5.61. The van der Waals surface area contributed by atoms with E-state index in [1.165, 1.54) is 43.6 Å². The first-order chi connectivity index (χ1) is 9.61. The second kappa shape index (κ2) is 7.23. The zero-order valence-electron chi connectivity index (χ0n) is 13.6. The van der Waals surface area contributed by atoms with E-state index in [0.29, 0.717) is 0 Å². The Morgan fingerprint density at radius 2 is 2.10 bits per heavy atom. The van der Waals surface area contributed by atoms with E-state index in [9.17, 15) is 0 Å². The van der Waals surface area contributed by atoms with Crippen molar-refractivity contribution in [2.45, 2.75) is 58.7 Å². The molecule has 4 nitrogen and oxygen atoms in total. The van der Waals surface area contributed by atoms with Gasteiger partial charge in [-0.15, -0.1) is 0 Å². The van der Waals surface area contributed by atoms with Gasteiger partial charge in [0.05, 0.1) is 6.20 Å². The van der Waals surface area contributed by atoms with Gasteiger partial charge in [0.15, 0.2) is 0 Å². The monoisotopic (exact) mass is 278 g/mol. The summed E-state index contributed by atoms with van der Waals surface area (Å²) in [4.78, 5) is 4.98. The minimum absolute atomic E-state index is 0.754. The zero-order valence-corrected chi connectivity index (χ0v) is 13.6. The summed E-state index contributed by atoms with van der Waals surface area (Å²) in [6, 6.07) is 0.754. The van der Waals surface area contributed by atoms with E-state index in [2.05, 4.69) is 53.7 Å². The molecular formula is C16H30N4. The molecule has 4 heteroatoms. The smallest absolute Gasteiger partial charge is 0.0537 e. The van der Waals surface area contributed by atoms with Gasteiger partial charge in [-0.05, 0) is 59.8 Å². The molecule has 0 saturated carbocycles. The van der Waals surface area contributed by atoms with Gasteiger partial charge in [-0.3, -0.25) is 9.58 Å². The molecule has 0 radical (unpaired) electrons. The highest BCUT2D eigenvalue weighted by atomic mass is 15.3. The first-order valence-corrected chi connectivity index (χ1v) is 8.02. The Balaban J connectivity index is 1.93. The van der Waals surface area contributed by atoms with Crippen LogP contribution in [0.4, 0.5) is 0 Å². The molecule has 1 atom stereocenters. The fourth-order valence-electron chi connectivity index (χ4n) is 3.13. The summed E-state index contributed by atoms with van der Waals surface area (Å²) in [5, 5.41) is 4.52. The number of aromatic nitrogens is 2. The Hall–Kier alpha value is -0.870. The number of hydrogen-bond donors (Lipinski definition) is 0. The Bertz CT molecular complexity index is 411. The highest BCUT2D eigenvalue weighted by molar-refractivity contribution is 5.16. The zero-order chi connectivity index (χ0) is 14.5. The molecule has 1 aliphatic rings. The van der Waals surface area contributed by atoms with E-state index in [-0.39, 0.29) is 0 Å². The molecule has 0 N–H and O–H groups in total. The lowest BCUT2D eigenvalue weighted by molar-refractivity contribution is 0.245. The third-order valence-corrected chi connectivity index (χ3v) is 4.55. The molecule has 0 amide bonds. The fraction of sp³-hybridized carbons (Fsp3) is 0.812. The van der Waals surface area contributed by atoms with Gasteiger partial charge in [0, 0.05) is 30.4 Å². The lowest BCUT2D eigenvalue weighted by Gasteiger charge is -2.23. The SMILES string of the molecule is CCCn1ncc(CN2CCCC(N(C)C)CC2)c1C. The third kappa shape index (κ3) is 3.83. The van der Waals surface area contributed by atoms with Crippen LogP contribution in [0.25, 0.3) is 0 Å². The number of aryl methyl sites for hydroxylation is 1. The van der Waals surface area contributed by atoms with Gasteiger partial charge in [-0.2, -0.15) is 5.10 Å². The van der Waals surface area contributed by atoms with Crippen LogP contribution in [0.3, 0.4) is 0 Å². The van der Waals surface area contributed by atoms with E-state index >= 15 is 0 Å². The van der Waals surface area contributed by atoms with Crippen molar-refractivity contribution in [3.05, 3.63) is 17.5 Å². The van der Waals surface area contributed by atoms with Crippen LogP contribution >= 0.6 is 0 Å². The minimum Gasteiger partial charge on any atom is -0.306 e. The van der Waals surface area contributed by atoms with Crippen LogP contribution in [-0.4, -0.2) is 52.8 Å². The van der Waals surface area contributed by atoms with Crippen LogP contribution in [0.15, 0.2) is 6.20 Å². The van der Waals surface area contributed by atoms with Crippen molar-refractivity contribution in [2.75, 3.05) is 27.2 Å². The van der Waals surface area contributed by atoms with Gasteiger partial charge in [0.1, 0.15) is 0 Å². The van der Waals surface area contributed by atoms with Crippen molar-refractivity contribution in [3.63, 3.8) is 0 Å².